The van der Waals surface area contributed by atoms with Crippen LogP contribution in [0, 0.1) is 17.8 Å². The predicted octanol–water partition coefficient (Wildman–Crippen LogP) is 5.55. The summed E-state index contributed by atoms with van der Waals surface area (Å²) in [6.07, 6.45) is 9.47. The van der Waals surface area contributed by atoms with Crippen molar-refractivity contribution in [1.29, 1.82) is 0 Å². The van der Waals surface area contributed by atoms with Gasteiger partial charge in [-0.3, -0.25) is 0 Å². The van der Waals surface area contributed by atoms with E-state index in [-0.39, 0.29) is 0 Å². The molecule has 4 heteroatoms. The monoisotopic (exact) mass is 429 g/mol. The maximum atomic E-state index is 10.4. The molecule has 4 aliphatic rings. The fourth-order valence-electron chi connectivity index (χ4n) is 6.94. The minimum Gasteiger partial charge on any atom is -0.491 e. The summed E-state index contributed by atoms with van der Waals surface area (Å²) in [7, 11) is 1.14. The predicted molar refractivity (Wildman–Crippen MR) is 128 cm³/mol. The van der Waals surface area contributed by atoms with Gasteiger partial charge in [0.2, 0.25) is 0 Å². The van der Waals surface area contributed by atoms with Gasteiger partial charge in [-0.05, 0) is 99.4 Å². The first-order chi connectivity index (χ1) is 14.2. The lowest BCUT2D eigenvalue weighted by Crippen LogP contribution is -2.48. The third-order valence-corrected chi connectivity index (χ3v) is 9.79. The van der Waals surface area contributed by atoms with Crippen molar-refractivity contribution >= 4 is 8.07 Å². The van der Waals surface area contributed by atoms with Gasteiger partial charge in [0.25, 0.3) is 0 Å². The van der Waals surface area contributed by atoms with Crippen molar-refractivity contribution in [2.45, 2.75) is 82.1 Å². The Morgan fingerprint density at radius 2 is 1.60 bits per heavy atom. The van der Waals surface area contributed by atoms with Crippen LogP contribution < -0.4 is 4.74 Å². The van der Waals surface area contributed by atoms with Gasteiger partial charge in [-0.2, -0.15) is 0 Å². The van der Waals surface area contributed by atoms with Crippen LogP contribution in [0.1, 0.15) is 50.5 Å². The van der Waals surface area contributed by atoms with E-state index in [1.54, 1.807) is 0 Å². The zero-order valence-corrected chi connectivity index (χ0v) is 20.7. The van der Waals surface area contributed by atoms with Crippen molar-refractivity contribution < 1.29 is 9.84 Å². The smallest absolute Gasteiger partial charge is 0.119 e. The van der Waals surface area contributed by atoms with Gasteiger partial charge in [0, 0.05) is 14.6 Å². The van der Waals surface area contributed by atoms with Gasteiger partial charge in [-0.1, -0.05) is 37.8 Å². The van der Waals surface area contributed by atoms with E-state index >= 15 is 0 Å². The van der Waals surface area contributed by atoms with Crippen LogP contribution in [0.3, 0.4) is 0 Å². The molecule has 4 aliphatic carbocycles. The molecule has 4 fully saturated rings. The van der Waals surface area contributed by atoms with Crippen LogP contribution in [0.2, 0.25) is 25.7 Å². The highest BCUT2D eigenvalue weighted by Crippen LogP contribution is 2.60. The first-order valence-electron chi connectivity index (χ1n) is 12.3. The first-order valence-corrected chi connectivity index (χ1v) is 16.0. The lowest BCUT2D eigenvalue weighted by Gasteiger charge is -2.57. The van der Waals surface area contributed by atoms with Crippen LogP contribution in [0.25, 0.3) is 0 Å². The lowest BCUT2D eigenvalue weighted by molar-refractivity contribution is -0.00522. The summed E-state index contributed by atoms with van der Waals surface area (Å²) in [5.41, 5.74) is 1.99. The van der Waals surface area contributed by atoms with Gasteiger partial charge in [-0.15, -0.1) is 0 Å². The molecule has 1 N–H and O–H groups in total. The SMILES string of the molecule is CN(CCC[Si](C)(C)C)CC(O)COc1ccc(C23CC4CC(CC(C4)C2)C3)cc1. The Bertz CT molecular complexity index is 661. The van der Waals surface area contributed by atoms with Gasteiger partial charge < -0.3 is 14.7 Å². The van der Waals surface area contributed by atoms with Crippen LogP contribution >= 0.6 is 0 Å². The average Bonchev–Trinajstić information content (AvgIpc) is 2.64. The molecule has 168 valence electrons. The second-order valence-electron chi connectivity index (χ2n) is 12.1. The number of hydrogen-bond donors (Lipinski definition) is 1. The third-order valence-electron chi connectivity index (χ3n) is 7.94. The summed E-state index contributed by atoms with van der Waals surface area (Å²) in [5, 5.41) is 10.4. The minimum atomic E-state index is -0.965. The number of aliphatic hydroxyl groups is 1. The molecule has 1 aromatic carbocycles. The summed E-state index contributed by atoms with van der Waals surface area (Å²) in [4.78, 5) is 2.24. The molecule has 1 aromatic rings. The normalized spacial score (nSPS) is 31.3. The van der Waals surface area contributed by atoms with E-state index in [2.05, 4.69) is 55.9 Å². The van der Waals surface area contributed by atoms with E-state index in [4.69, 9.17) is 4.74 Å². The molecule has 4 saturated carbocycles. The van der Waals surface area contributed by atoms with Crippen LogP contribution in [0.4, 0.5) is 0 Å². The minimum absolute atomic E-state index is 0.370. The van der Waals surface area contributed by atoms with Crippen molar-refractivity contribution in [2.24, 2.45) is 17.8 Å². The molecule has 30 heavy (non-hydrogen) atoms. The lowest BCUT2D eigenvalue weighted by atomic mass is 9.48. The summed E-state index contributed by atoms with van der Waals surface area (Å²) in [6, 6.07) is 10.3. The van der Waals surface area contributed by atoms with E-state index in [1.165, 1.54) is 56.6 Å². The Morgan fingerprint density at radius 1 is 1.03 bits per heavy atom. The largest absolute Gasteiger partial charge is 0.491 e. The van der Waals surface area contributed by atoms with Gasteiger partial charge in [-0.25, -0.2) is 0 Å². The number of hydrogen-bond acceptors (Lipinski definition) is 3. The molecular weight excluding hydrogens is 386 g/mol. The van der Waals surface area contributed by atoms with E-state index < -0.39 is 14.2 Å². The Kier molecular flexibility index (Phi) is 6.67. The van der Waals surface area contributed by atoms with Crippen LogP contribution in [0.5, 0.6) is 5.75 Å². The van der Waals surface area contributed by atoms with E-state index in [1.807, 2.05) is 0 Å². The van der Waals surface area contributed by atoms with E-state index in [0.717, 1.165) is 30.0 Å². The highest BCUT2D eigenvalue weighted by Gasteiger charge is 2.51. The summed E-state index contributed by atoms with van der Waals surface area (Å²) < 4.78 is 5.93. The van der Waals surface area contributed by atoms with Crippen molar-refractivity contribution in [3.8, 4) is 5.75 Å². The third kappa shape index (κ3) is 5.49. The molecule has 0 aliphatic heterocycles. The van der Waals surface area contributed by atoms with Gasteiger partial charge in [0.1, 0.15) is 18.5 Å². The summed E-state index contributed by atoms with van der Waals surface area (Å²) in [6.45, 7) is 9.37. The highest BCUT2D eigenvalue weighted by molar-refractivity contribution is 6.76. The maximum absolute atomic E-state index is 10.4. The molecule has 1 atom stereocenters. The van der Waals surface area contributed by atoms with Gasteiger partial charge in [0.05, 0.1) is 0 Å². The molecule has 0 saturated heterocycles. The molecule has 0 amide bonds. The average molecular weight is 430 g/mol. The summed E-state index contributed by atoms with van der Waals surface area (Å²) >= 11 is 0. The number of aliphatic hydroxyl groups excluding tert-OH is 1. The molecule has 3 nitrogen and oxygen atoms in total. The Morgan fingerprint density at radius 3 is 2.13 bits per heavy atom. The van der Waals surface area contributed by atoms with Crippen molar-refractivity contribution in [2.75, 3.05) is 26.7 Å². The topological polar surface area (TPSA) is 32.7 Å². The fraction of sp³-hybridized carbons (Fsp3) is 0.769. The van der Waals surface area contributed by atoms with Crippen LogP contribution in [0.15, 0.2) is 24.3 Å². The molecular formula is C26H43NO2Si. The van der Waals surface area contributed by atoms with Crippen LogP contribution in [-0.2, 0) is 5.41 Å². The maximum Gasteiger partial charge on any atom is 0.119 e. The zero-order chi connectivity index (χ0) is 21.4. The molecule has 0 spiro atoms. The first kappa shape index (κ1) is 22.4. The molecule has 1 unspecified atom stereocenters. The zero-order valence-electron chi connectivity index (χ0n) is 19.7. The molecule has 0 heterocycles. The van der Waals surface area contributed by atoms with Crippen LogP contribution in [-0.4, -0.2) is 50.9 Å². The Hall–Kier alpha value is -0.843. The quantitative estimate of drug-likeness (QED) is 0.495. The van der Waals surface area contributed by atoms with E-state index in [0.29, 0.717) is 18.6 Å². The van der Waals surface area contributed by atoms with Crippen molar-refractivity contribution in [1.82, 2.24) is 4.90 Å². The highest BCUT2D eigenvalue weighted by atomic mass is 28.3. The van der Waals surface area contributed by atoms with E-state index in [9.17, 15) is 5.11 Å². The fourth-order valence-corrected chi connectivity index (χ4v) is 8.16. The molecule has 0 aromatic heterocycles. The Labute approximate surface area is 185 Å². The molecule has 4 bridgehead atoms. The van der Waals surface area contributed by atoms with Crippen molar-refractivity contribution in [3.63, 3.8) is 0 Å². The Balaban J connectivity index is 1.23. The number of benzene rings is 1. The second kappa shape index (κ2) is 8.95. The number of ether oxygens (including phenoxy) is 1. The molecule has 5 rings (SSSR count). The second-order valence-corrected chi connectivity index (χ2v) is 17.7. The van der Waals surface area contributed by atoms with Gasteiger partial charge in [0.15, 0.2) is 0 Å². The van der Waals surface area contributed by atoms with Gasteiger partial charge >= 0.3 is 0 Å². The number of nitrogens with zero attached hydrogens (tertiary/aromatic N) is 1. The summed E-state index contributed by atoms with van der Waals surface area (Å²) in [5.74, 6) is 3.82. The standard InChI is InChI=1S/C26H43NO2Si/c1-27(10-5-11-30(2,3)4)18-24(28)19-29-25-8-6-23(7-9-25)26-15-20-12-21(16-26)14-22(13-20)17-26/h6-9,20-22,24,28H,5,10-19H2,1-4H3. The van der Waals surface area contributed by atoms with Crippen molar-refractivity contribution in [3.05, 3.63) is 29.8 Å². The number of rotatable bonds is 10. The molecule has 0 radical (unpaired) electrons. The number of likely N-dealkylation sites (N-methyl/N-ethyl adjacent to an activating group) is 1.